The van der Waals surface area contributed by atoms with Crippen molar-refractivity contribution < 1.29 is 9.13 Å². The Balaban J connectivity index is 1.98. The van der Waals surface area contributed by atoms with Gasteiger partial charge < -0.3 is 15.0 Å². The van der Waals surface area contributed by atoms with Crippen molar-refractivity contribution in [2.24, 2.45) is 0 Å². The summed E-state index contributed by atoms with van der Waals surface area (Å²) in [6, 6.07) is 7.34. The Morgan fingerprint density at radius 2 is 2.11 bits per heavy atom. The third-order valence-electron chi connectivity index (χ3n) is 2.50. The molecule has 1 aromatic heterocycles. The molecular weight excluding hydrogens is 315 g/mol. The Morgan fingerprint density at radius 1 is 1.32 bits per heavy atom. The number of nitrogens with two attached hydrogens (primary N) is 1. The molecule has 2 N–H and O–H groups in total. The van der Waals surface area contributed by atoms with Gasteiger partial charge in [0.1, 0.15) is 18.2 Å². The summed E-state index contributed by atoms with van der Waals surface area (Å²) in [6.07, 6.45) is 1.56. The van der Waals surface area contributed by atoms with Crippen LogP contribution in [-0.4, -0.2) is 11.2 Å². The topological polar surface area (TPSA) is 57.2 Å². The standard InChI is InChI=1S/C13H12BrFN2O2/c14-11-7-10(2-3-12(11)15)19-6-5-17-8-9(16)1-4-13(17)18/h1-4,7-8H,5-6,16H2. The quantitative estimate of drug-likeness (QED) is 0.938. The van der Waals surface area contributed by atoms with E-state index in [4.69, 9.17) is 10.5 Å². The fraction of sp³-hybridized carbons (Fsp3) is 0.154. The summed E-state index contributed by atoms with van der Waals surface area (Å²) in [5, 5.41) is 0. The Labute approximate surface area is 117 Å². The van der Waals surface area contributed by atoms with Gasteiger partial charge in [-0.2, -0.15) is 0 Å². The van der Waals surface area contributed by atoms with Crippen LogP contribution in [0.2, 0.25) is 0 Å². The predicted octanol–water partition coefficient (Wildman–Crippen LogP) is 2.41. The molecule has 2 aromatic rings. The van der Waals surface area contributed by atoms with Gasteiger partial charge in [0.25, 0.3) is 5.56 Å². The maximum absolute atomic E-state index is 13.0. The molecule has 0 radical (unpaired) electrons. The van der Waals surface area contributed by atoms with Gasteiger partial charge in [-0.15, -0.1) is 0 Å². The molecule has 1 aromatic carbocycles. The summed E-state index contributed by atoms with van der Waals surface area (Å²) in [7, 11) is 0. The molecule has 1 heterocycles. The van der Waals surface area contributed by atoms with E-state index in [2.05, 4.69) is 15.9 Å². The fourth-order valence-electron chi connectivity index (χ4n) is 1.55. The number of anilines is 1. The van der Waals surface area contributed by atoms with Crippen molar-refractivity contribution in [2.75, 3.05) is 12.3 Å². The van der Waals surface area contributed by atoms with E-state index in [1.165, 1.54) is 28.8 Å². The molecule has 0 saturated carbocycles. The number of hydrogen-bond acceptors (Lipinski definition) is 3. The van der Waals surface area contributed by atoms with Gasteiger partial charge in [-0.05, 0) is 40.2 Å². The second-order valence-electron chi connectivity index (χ2n) is 3.92. The third-order valence-corrected chi connectivity index (χ3v) is 3.11. The number of aromatic nitrogens is 1. The van der Waals surface area contributed by atoms with Gasteiger partial charge >= 0.3 is 0 Å². The summed E-state index contributed by atoms with van der Waals surface area (Å²) in [6.45, 7) is 0.667. The van der Waals surface area contributed by atoms with Crippen LogP contribution in [-0.2, 0) is 6.54 Å². The average Bonchev–Trinajstić information content (AvgIpc) is 2.38. The average molecular weight is 327 g/mol. The summed E-state index contributed by atoms with van der Waals surface area (Å²) < 4.78 is 20.3. The Hall–Kier alpha value is -1.82. The molecule has 0 aliphatic carbocycles. The van der Waals surface area contributed by atoms with Gasteiger partial charge in [-0.3, -0.25) is 4.79 Å². The molecule has 0 aliphatic heterocycles. The van der Waals surface area contributed by atoms with Gasteiger partial charge in [-0.1, -0.05) is 0 Å². The highest BCUT2D eigenvalue weighted by atomic mass is 79.9. The minimum absolute atomic E-state index is 0.141. The van der Waals surface area contributed by atoms with E-state index in [1.54, 1.807) is 12.3 Å². The summed E-state index contributed by atoms with van der Waals surface area (Å²) >= 11 is 3.08. The van der Waals surface area contributed by atoms with Gasteiger partial charge in [0, 0.05) is 18.0 Å². The lowest BCUT2D eigenvalue weighted by atomic mass is 10.3. The van der Waals surface area contributed by atoms with Crippen molar-refractivity contribution in [1.82, 2.24) is 4.57 Å². The van der Waals surface area contributed by atoms with Crippen molar-refractivity contribution in [3.63, 3.8) is 0 Å². The third kappa shape index (κ3) is 3.57. The SMILES string of the molecule is Nc1ccc(=O)n(CCOc2ccc(F)c(Br)c2)c1. The molecule has 6 heteroatoms. The maximum Gasteiger partial charge on any atom is 0.250 e. The van der Waals surface area contributed by atoms with Gasteiger partial charge in [0.15, 0.2) is 0 Å². The van der Waals surface area contributed by atoms with Crippen molar-refractivity contribution in [3.8, 4) is 5.75 Å². The number of rotatable bonds is 4. The van der Waals surface area contributed by atoms with Crippen LogP contribution in [0.5, 0.6) is 5.75 Å². The minimum Gasteiger partial charge on any atom is -0.492 e. The largest absolute Gasteiger partial charge is 0.492 e. The molecule has 0 atom stereocenters. The van der Waals surface area contributed by atoms with E-state index in [9.17, 15) is 9.18 Å². The summed E-state index contributed by atoms with van der Waals surface area (Å²) in [5.74, 6) is 0.185. The minimum atomic E-state index is -0.348. The molecule has 19 heavy (non-hydrogen) atoms. The van der Waals surface area contributed by atoms with E-state index in [0.717, 1.165) is 0 Å². The zero-order chi connectivity index (χ0) is 13.8. The van der Waals surface area contributed by atoms with Crippen LogP contribution in [0.4, 0.5) is 10.1 Å². The summed E-state index contributed by atoms with van der Waals surface area (Å²) in [5.41, 5.74) is 5.98. The summed E-state index contributed by atoms with van der Waals surface area (Å²) in [4.78, 5) is 11.5. The Kier molecular flexibility index (Phi) is 4.21. The number of nitrogen functional groups attached to an aromatic ring is 1. The van der Waals surface area contributed by atoms with Crippen LogP contribution in [0, 0.1) is 5.82 Å². The first kappa shape index (κ1) is 13.6. The molecule has 4 nitrogen and oxygen atoms in total. The van der Waals surface area contributed by atoms with Gasteiger partial charge in [-0.25, -0.2) is 4.39 Å². The molecule has 0 fully saturated rings. The second kappa shape index (κ2) is 5.88. The number of pyridine rings is 1. The van der Waals surface area contributed by atoms with E-state index >= 15 is 0 Å². The van der Waals surface area contributed by atoms with Crippen molar-refractivity contribution in [2.45, 2.75) is 6.54 Å². The zero-order valence-corrected chi connectivity index (χ0v) is 11.6. The van der Waals surface area contributed by atoms with Crippen molar-refractivity contribution >= 4 is 21.6 Å². The van der Waals surface area contributed by atoms with E-state index < -0.39 is 0 Å². The Bertz CT molecular complexity index is 643. The van der Waals surface area contributed by atoms with Crippen LogP contribution >= 0.6 is 15.9 Å². The molecule has 0 bridgehead atoms. The lowest BCUT2D eigenvalue weighted by Crippen LogP contribution is -2.22. The molecule has 2 rings (SSSR count). The number of nitrogens with zero attached hydrogens (tertiary/aromatic N) is 1. The number of hydrogen-bond donors (Lipinski definition) is 1. The first-order valence-electron chi connectivity index (χ1n) is 5.60. The van der Waals surface area contributed by atoms with Gasteiger partial charge in [0.05, 0.1) is 11.0 Å². The van der Waals surface area contributed by atoms with Crippen molar-refractivity contribution in [1.29, 1.82) is 0 Å². The monoisotopic (exact) mass is 326 g/mol. The lowest BCUT2D eigenvalue weighted by Gasteiger charge is -2.09. The molecule has 0 amide bonds. The van der Waals surface area contributed by atoms with Crippen LogP contribution in [0.25, 0.3) is 0 Å². The number of ether oxygens (including phenoxy) is 1. The Morgan fingerprint density at radius 3 is 2.84 bits per heavy atom. The maximum atomic E-state index is 13.0. The van der Waals surface area contributed by atoms with Gasteiger partial charge in [0.2, 0.25) is 0 Å². The lowest BCUT2D eigenvalue weighted by molar-refractivity contribution is 0.296. The first-order valence-corrected chi connectivity index (χ1v) is 6.39. The highest BCUT2D eigenvalue weighted by molar-refractivity contribution is 9.10. The molecule has 100 valence electrons. The molecular formula is C13H12BrFN2O2. The molecule has 0 aliphatic rings. The smallest absolute Gasteiger partial charge is 0.250 e. The second-order valence-corrected chi connectivity index (χ2v) is 4.77. The molecule has 0 saturated heterocycles. The molecule has 0 unspecified atom stereocenters. The first-order chi connectivity index (χ1) is 9.06. The fourth-order valence-corrected chi connectivity index (χ4v) is 1.91. The number of benzene rings is 1. The van der Waals surface area contributed by atoms with Crippen molar-refractivity contribution in [3.05, 3.63) is 57.2 Å². The highest BCUT2D eigenvalue weighted by Crippen LogP contribution is 2.21. The van der Waals surface area contributed by atoms with Crippen LogP contribution in [0.1, 0.15) is 0 Å². The van der Waals surface area contributed by atoms with Crippen LogP contribution in [0.15, 0.2) is 45.8 Å². The zero-order valence-electron chi connectivity index (χ0n) is 9.98. The highest BCUT2D eigenvalue weighted by Gasteiger charge is 2.02. The van der Waals surface area contributed by atoms with Crippen LogP contribution in [0.3, 0.4) is 0 Å². The molecule has 0 spiro atoms. The van der Waals surface area contributed by atoms with E-state index in [-0.39, 0.29) is 11.4 Å². The van der Waals surface area contributed by atoms with E-state index in [0.29, 0.717) is 29.1 Å². The predicted molar refractivity (Wildman–Crippen MR) is 74.7 cm³/mol. The normalized spacial score (nSPS) is 10.4. The van der Waals surface area contributed by atoms with E-state index in [1.807, 2.05) is 0 Å². The number of halogens is 2. The van der Waals surface area contributed by atoms with Crippen LogP contribution < -0.4 is 16.0 Å².